The molecule has 5 nitrogen and oxygen atoms in total. The lowest BCUT2D eigenvalue weighted by molar-refractivity contribution is -0.935. The summed E-state index contributed by atoms with van der Waals surface area (Å²) in [4.78, 5) is 2.58. The van der Waals surface area contributed by atoms with Crippen molar-refractivity contribution in [1.29, 1.82) is 5.26 Å². The molecule has 0 aromatic heterocycles. The van der Waals surface area contributed by atoms with Crippen LogP contribution >= 0.6 is 0 Å². The van der Waals surface area contributed by atoms with Gasteiger partial charge in [-0.25, -0.2) is 0 Å². The standard InChI is InChI=1S/C11H24NO.C2N3/c1-3-5-8-12(11-13-4-2)9-6-7-10-12;3-1-5-2-4/h3-11H2,1-2H3;/q+1;-1. The first-order valence-corrected chi connectivity index (χ1v) is 6.65. The van der Waals surface area contributed by atoms with Gasteiger partial charge in [-0.15, -0.1) is 6.01 Å². The van der Waals surface area contributed by atoms with Gasteiger partial charge in [-0.3, -0.25) is 0 Å². The summed E-state index contributed by atoms with van der Waals surface area (Å²) in [7, 11) is 0. The van der Waals surface area contributed by atoms with Crippen LogP contribution in [-0.4, -0.2) is 43.5 Å². The minimum atomic E-state index is 0.867. The Morgan fingerprint density at radius 2 is 2.00 bits per heavy atom. The normalized spacial score (nSPS) is 16.1. The van der Waals surface area contributed by atoms with Crippen LogP contribution in [0.2, 0.25) is 0 Å². The summed E-state index contributed by atoms with van der Waals surface area (Å²) < 4.78 is 6.83. The molecule has 0 amide bonds. The molecule has 0 aliphatic carbocycles. The molecular formula is C13H24N4O. The Bertz CT molecular complexity index is 276. The average Bonchev–Trinajstić information content (AvgIpc) is 2.85. The molecule has 1 rings (SSSR count). The highest BCUT2D eigenvalue weighted by atomic mass is 16.5. The molecule has 1 aliphatic rings. The maximum absolute atomic E-state index is 7.43. The van der Waals surface area contributed by atoms with Crippen LogP contribution < -0.4 is 0 Å². The summed E-state index contributed by atoms with van der Waals surface area (Å²) in [6.45, 7) is 10.2. The lowest BCUT2D eigenvalue weighted by Gasteiger charge is -2.33. The largest absolute Gasteiger partial charge is 0.422 e. The number of quaternary nitrogens is 1. The summed E-state index contributed by atoms with van der Waals surface area (Å²) in [5.74, 6) is 0. The van der Waals surface area contributed by atoms with Gasteiger partial charge in [0.15, 0.2) is 6.73 Å². The second-order valence-corrected chi connectivity index (χ2v) is 4.51. The number of nitriles is 1. The van der Waals surface area contributed by atoms with E-state index in [9.17, 15) is 0 Å². The zero-order valence-electron chi connectivity index (χ0n) is 11.6. The zero-order valence-corrected chi connectivity index (χ0v) is 11.6. The number of unbranched alkanes of at least 4 members (excludes halogenated alkanes) is 1. The molecule has 5 heteroatoms. The van der Waals surface area contributed by atoms with Crippen LogP contribution in [0.4, 0.5) is 0 Å². The number of rotatable bonds is 6. The number of likely N-dealkylation sites (tertiary alicyclic amines) is 1. The van der Waals surface area contributed by atoms with E-state index in [1.165, 1.54) is 62.0 Å². The van der Waals surface area contributed by atoms with Gasteiger partial charge in [-0.05, 0) is 13.3 Å². The molecule has 0 saturated carbocycles. The summed E-state index contributed by atoms with van der Waals surface area (Å²) in [6, 6.07) is 1.28. The van der Waals surface area contributed by atoms with Crippen molar-refractivity contribution in [3.8, 4) is 6.19 Å². The molecule has 0 atom stereocenters. The first-order chi connectivity index (χ1) is 8.74. The lowest BCUT2D eigenvalue weighted by Crippen LogP contribution is -2.47. The van der Waals surface area contributed by atoms with Crippen LogP contribution in [0.25, 0.3) is 5.41 Å². The zero-order chi connectivity index (χ0) is 13.7. The maximum Gasteiger partial charge on any atom is 0.183 e. The van der Waals surface area contributed by atoms with Gasteiger partial charge in [0.05, 0.1) is 25.8 Å². The monoisotopic (exact) mass is 252 g/mol. The van der Waals surface area contributed by atoms with E-state index >= 15 is 0 Å². The smallest absolute Gasteiger partial charge is 0.183 e. The lowest BCUT2D eigenvalue weighted by atomic mass is 10.3. The molecule has 0 bridgehead atoms. The number of aliphatic imine (C=N–C) groups is 1. The molecular weight excluding hydrogens is 228 g/mol. The van der Waals surface area contributed by atoms with Gasteiger partial charge in [0.1, 0.15) is 0 Å². The van der Waals surface area contributed by atoms with Gasteiger partial charge in [0.2, 0.25) is 0 Å². The topological polar surface area (TPSA) is 67.7 Å². The number of ether oxygens (including phenoxy) is 1. The van der Waals surface area contributed by atoms with Crippen molar-refractivity contribution >= 4 is 6.01 Å². The predicted octanol–water partition coefficient (Wildman–Crippen LogP) is 2.60. The highest BCUT2D eigenvalue weighted by Gasteiger charge is 2.30. The van der Waals surface area contributed by atoms with Gasteiger partial charge in [-0.1, -0.05) is 13.3 Å². The van der Waals surface area contributed by atoms with Crippen molar-refractivity contribution in [1.82, 2.24) is 0 Å². The Hall–Kier alpha value is -1.21. The summed E-state index contributed by atoms with van der Waals surface area (Å²) in [5, 5.41) is 14.9. The maximum atomic E-state index is 7.43. The number of hydrogen-bond donors (Lipinski definition) is 0. The van der Waals surface area contributed by atoms with Crippen LogP contribution in [-0.2, 0) is 4.74 Å². The Kier molecular flexibility index (Phi) is 10.2. The summed E-state index contributed by atoms with van der Waals surface area (Å²) in [6.07, 6.45) is 6.75. The molecule has 1 saturated heterocycles. The van der Waals surface area contributed by atoms with Gasteiger partial charge in [0.25, 0.3) is 0 Å². The molecule has 0 aromatic carbocycles. The van der Waals surface area contributed by atoms with Crippen LogP contribution in [0.3, 0.4) is 0 Å². The Morgan fingerprint density at radius 3 is 2.39 bits per heavy atom. The second-order valence-electron chi connectivity index (χ2n) is 4.51. The third-order valence-electron chi connectivity index (χ3n) is 3.17. The van der Waals surface area contributed by atoms with Gasteiger partial charge >= 0.3 is 0 Å². The summed E-state index contributed by atoms with van der Waals surface area (Å²) in [5.41, 5.74) is 0. The van der Waals surface area contributed by atoms with E-state index < -0.39 is 0 Å². The molecule has 18 heavy (non-hydrogen) atoms. The Morgan fingerprint density at radius 1 is 1.33 bits per heavy atom. The van der Waals surface area contributed by atoms with Gasteiger partial charge in [-0.2, -0.15) is 5.26 Å². The Labute approximate surface area is 110 Å². The first-order valence-electron chi connectivity index (χ1n) is 6.65. The van der Waals surface area contributed by atoms with Crippen LogP contribution in [0.15, 0.2) is 4.99 Å². The van der Waals surface area contributed by atoms with E-state index in [2.05, 4.69) is 18.8 Å². The van der Waals surface area contributed by atoms with E-state index in [0.29, 0.717) is 0 Å². The van der Waals surface area contributed by atoms with E-state index in [0.717, 1.165) is 13.3 Å². The number of nitrogens with zero attached hydrogens (tertiary/aromatic N) is 4. The third-order valence-corrected chi connectivity index (χ3v) is 3.17. The van der Waals surface area contributed by atoms with Crippen molar-refractivity contribution < 1.29 is 9.22 Å². The van der Waals surface area contributed by atoms with Crippen molar-refractivity contribution in [3.63, 3.8) is 0 Å². The van der Waals surface area contributed by atoms with Crippen molar-refractivity contribution in [2.24, 2.45) is 4.99 Å². The van der Waals surface area contributed by atoms with E-state index in [1.54, 1.807) is 0 Å². The van der Waals surface area contributed by atoms with Crippen molar-refractivity contribution in [2.75, 3.05) is 33.0 Å². The molecule has 0 unspecified atom stereocenters. The fourth-order valence-electron chi connectivity index (χ4n) is 2.22. The Balaban J connectivity index is 0.000000494. The quantitative estimate of drug-likeness (QED) is 0.414. The van der Waals surface area contributed by atoms with Crippen LogP contribution in [0.1, 0.15) is 39.5 Å². The average molecular weight is 252 g/mol. The molecule has 102 valence electrons. The minimum Gasteiger partial charge on any atom is -0.422 e. The minimum absolute atomic E-state index is 0.867. The highest BCUT2D eigenvalue weighted by Crippen LogP contribution is 2.20. The predicted molar refractivity (Wildman–Crippen MR) is 71.9 cm³/mol. The first kappa shape index (κ1) is 16.8. The van der Waals surface area contributed by atoms with Crippen LogP contribution in [0.5, 0.6) is 0 Å². The fraction of sp³-hybridized carbons (Fsp3) is 0.846. The van der Waals surface area contributed by atoms with Gasteiger partial charge in [0, 0.05) is 19.4 Å². The SMILES string of the molecule is CCCC[N+]1(COCC)CCCC1.N#CN=C=[N-]. The summed E-state index contributed by atoms with van der Waals surface area (Å²) >= 11 is 0. The second kappa shape index (κ2) is 10.9. The van der Waals surface area contributed by atoms with Gasteiger partial charge < -0.3 is 19.6 Å². The molecule has 1 aliphatic heterocycles. The molecule has 1 heterocycles. The van der Waals surface area contributed by atoms with E-state index in [-0.39, 0.29) is 0 Å². The van der Waals surface area contributed by atoms with Crippen molar-refractivity contribution in [3.05, 3.63) is 5.41 Å². The highest BCUT2D eigenvalue weighted by molar-refractivity contribution is 5.46. The van der Waals surface area contributed by atoms with E-state index in [4.69, 9.17) is 15.4 Å². The molecule has 0 aromatic rings. The van der Waals surface area contributed by atoms with Crippen LogP contribution in [0, 0.1) is 11.5 Å². The fourth-order valence-corrected chi connectivity index (χ4v) is 2.22. The molecule has 0 N–H and O–H groups in total. The van der Waals surface area contributed by atoms with E-state index in [1.807, 2.05) is 0 Å². The van der Waals surface area contributed by atoms with Crippen molar-refractivity contribution in [2.45, 2.75) is 39.5 Å². The molecule has 0 spiro atoms. The third kappa shape index (κ3) is 7.18. The molecule has 1 fully saturated rings. The molecule has 0 radical (unpaired) electrons. The number of hydrogen-bond acceptors (Lipinski definition) is 3.